The van der Waals surface area contributed by atoms with E-state index in [0.29, 0.717) is 22.0 Å². The summed E-state index contributed by atoms with van der Waals surface area (Å²) in [5.74, 6) is 0.602. The first-order chi connectivity index (χ1) is 11.5. The van der Waals surface area contributed by atoms with Gasteiger partial charge in [0.1, 0.15) is 17.4 Å². The van der Waals surface area contributed by atoms with Crippen molar-refractivity contribution in [2.24, 2.45) is 0 Å². The fourth-order valence-corrected chi connectivity index (χ4v) is 3.64. The maximum Gasteiger partial charge on any atom is 0.387 e. The molecule has 0 fully saturated rings. The number of hydrogen-bond donors (Lipinski definition) is 0. The quantitative estimate of drug-likeness (QED) is 0.617. The van der Waals surface area contributed by atoms with Gasteiger partial charge in [-0.15, -0.1) is 0 Å². The lowest BCUT2D eigenvalue weighted by atomic mass is 10.0. The normalized spacial score (nSPS) is 16.8. The third-order valence-electron chi connectivity index (χ3n) is 4.25. The number of imidazole rings is 1. The molecule has 3 aromatic rings. The highest BCUT2D eigenvalue weighted by molar-refractivity contribution is 9.10. The lowest BCUT2D eigenvalue weighted by molar-refractivity contribution is -0.0506. The number of benzene rings is 2. The van der Waals surface area contributed by atoms with Crippen LogP contribution in [0.5, 0.6) is 5.75 Å². The van der Waals surface area contributed by atoms with E-state index < -0.39 is 6.61 Å². The van der Waals surface area contributed by atoms with Crippen molar-refractivity contribution in [3.63, 3.8) is 0 Å². The summed E-state index contributed by atoms with van der Waals surface area (Å²) in [4.78, 5) is 4.47. The zero-order chi connectivity index (χ0) is 16.8. The highest BCUT2D eigenvalue weighted by Gasteiger charge is 2.30. The number of halogens is 4. The van der Waals surface area contributed by atoms with Gasteiger partial charge >= 0.3 is 6.61 Å². The molecule has 7 heteroatoms. The number of rotatable bonds is 3. The lowest BCUT2D eigenvalue weighted by Crippen LogP contribution is -2.10. The van der Waals surface area contributed by atoms with Crippen LogP contribution in [0.3, 0.4) is 0 Å². The predicted octanol–water partition coefficient (Wildman–Crippen LogP) is 5.07. The Kier molecular flexibility index (Phi) is 3.75. The molecule has 0 amide bonds. The lowest BCUT2D eigenvalue weighted by Gasteiger charge is -2.18. The van der Waals surface area contributed by atoms with E-state index in [9.17, 15) is 13.2 Å². The topological polar surface area (TPSA) is 27.1 Å². The Morgan fingerprint density at radius 1 is 1.25 bits per heavy atom. The highest BCUT2D eigenvalue weighted by Crippen LogP contribution is 2.40. The van der Waals surface area contributed by atoms with Crippen molar-refractivity contribution in [2.45, 2.75) is 25.5 Å². The van der Waals surface area contributed by atoms with Gasteiger partial charge in [-0.25, -0.2) is 9.37 Å². The summed E-state index contributed by atoms with van der Waals surface area (Å²) in [6, 6.07) is 9.66. The second kappa shape index (κ2) is 5.81. The maximum atomic E-state index is 13.7. The number of ether oxygens (including phenoxy) is 1. The summed E-state index contributed by atoms with van der Waals surface area (Å²) >= 11 is 3.19. The zero-order valence-corrected chi connectivity index (χ0v) is 13.9. The number of nitrogens with zero attached hydrogens (tertiary/aromatic N) is 2. The molecule has 0 N–H and O–H groups in total. The standard InChI is InChI=1S/C17H12BrF3N2O/c18-10-7-14-12(8-11(10)19)22-16-6-5-13(23(14)16)9-3-1-2-4-15(9)24-17(20)21/h1-4,7-8,13,17H,5-6H2/t13-/m0/s1. The molecule has 0 bridgehead atoms. The molecule has 0 aliphatic carbocycles. The average Bonchev–Trinajstić information content (AvgIpc) is 3.08. The largest absolute Gasteiger partial charge is 0.434 e. The van der Waals surface area contributed by atoms with Gasteiger partial charge in [0.15, 0.2) is 0 Å². The van der Waals surface area contributed by atoms with Gasteiger partial charge in [-0.05, 0) is 34.5 Å². The van der Waals surface area contributed by atoms with Crippen molar-refractivity contribution < 1.29 is 17.9 Å². The second-order valence-electron chi connectivity index (χ2n) is 5.62. The molecule has 0 radical (unpaired) electrons. The Hall–Kier alpha value is -2.02. The van der Waals surface area contributed by atoms with Gasteiger partial charge in [0.2, 0.25) is 0 Å². The molecule has 1 aromatic heterocycles. The van der Waals surface area contributed by atoms with Crippen molar-refractivity contribution in [1.82, 2.24) is 9.55 Å². The monoisotopic (exact) mass is 396 g/mol. The summed E-state index contributed by atoms with van der Waals surface area (Å²) in [5, 5.41) is 0. The van der Waals surface area contributed by atoms with Crippen LogP contribution >= 0.6 is 15.9 Å². The second-order valence-corrected chi connectivity index (χ2v) is 6.48. The molecule has 0 saturated heterocycles. The molecule has 0 spiro atoms. The van der Waals surface area contributed by atoms with Gasteiger partial charge in [-0.1, -0.05) is 18.2 Å². The SMILES string of the molecule is Fc1cc2nc3n(c2cc1Br)[C@H](c1ccccc1OC(F)F)CC3. The zero-order valence-electron chi connectivity index (χ0n) is 12.3. The summed E-state index contributed by atoms with van der Waals surface area (Å²) in [6.07, 6.45) is 1.43. The van der Waals surface area contributed by atoms with E-state index >= 15 is 0 Å². The van der Waals surface area contributed by atoms with Crippen LogP contribution in [-0.4, -0.2) is 16.2 Å². The minimum atomic E-state index is -2.88. The van der Waals surface area contributed by atoms with Crippen LogP contribution in [0.4, 0.5) is 13.2 Å². The third kappa shape index (κ3) is 2.47. The van der Waals surface area contributed by atoms with Crippen LogP contribution in [0.25, 0.3) is 11.0 Å². The Bertz CT molecular complexity index is 926. The van der Waals surface area contributed by atoms with E-state index in [1.54, 1.807) is 24.3 Å². The van der Waals surface area contributed by atoms with Gasteiger partial charge < -0.3 is 9.30 Å². The fraction of sp³-hybridized carbons (Fsp3) is 0.235. The summed E-state index contributed by atoms with van der Waals surface area (Å²) in [7, 11) is 0. The molecule has 1 aliphatic heterocycles. The molecule has 124 valence electrons. The van der Waals surface area contributed by atoms with Crippen LogP contribution in [0.2, 0.25) is 0 Å². The summed E-state index contributed by atoms with van der Waals surface area (Å²) in [5.41, 5.74) is 2.01. The van der Waals surface area contributed by atoms with E-state index in [0.717, 1.165) is 17.8 Å². The average molecular weight is 397 g/mol. The van der Waals surface area contributed by atoms with E-state index in [1.807, 2.05) is 4.57 Å². The Labute approximate surface area is 144 Å². The molecule has 1 atom stereocenters. The van der Waals surface area contributed by atoms with Crippen LogP contribution in [0, 0.1) is 5.82 Å². The Morgan fingerprint density at radius 3 is 2.83 bits per heavy atom. The molecule has 3 nitrogen and oxygen atoms in total. The van der Waals surface area contributed by atoms with Gasteiger partial charge in [0.25, 0.3) is 0 Å². The molecule has 24 heavy (non-hydrogen) atoms. The van der Waals surface area contributed by atoms with Gasteiger partial charge in [0, 0.05) is 18.1 Å². The third-order valence-corrected chi connectivity index (χ3v) is 4.86. The Balaban J connectivity index is 1.86. The Morgan fingerprint density at radius 2 is 2.04 bits per heavy atom. The first-order valence-corrected chi connectivity index (χ1v) is 8.23. The first kappa shape index (κ1) is 15.5. The first-order valence-electron chi connectivity index (χ1n) is 7.44. The van der Waals surface area contributed by atoms with Crippen molar-refractivity contribution in [3.8, 4) is 5.75 Å². The van der Waals surface area contributed by atoms with Gasteiger partial charge in [0.05, 0.1) is 21.5 Å². The highest BCUT2D eigenvalue weighted by atomic mass is 79.9. The number of para-hydroxylation sites is 1. The molecule has 2 aromatic carbocycles. The minimum absolute atomic E-state index is 0.161. The molecule has 1 aliphatic rings. The van der Waals surface area contributed by atoms with E-state index in [-0.39, 0.29) is 17.6 Å². The number of aryl methyl sites for hydroxylation is 1. The molecule has 0 unspecified atom stereocenters. The number of alkyl halides is 2. The van der Waals surface area contributed by atoms with E-state index in [1.165, 1.54) is 12.1 Å². The summed E-state index contributed by atoms with van der Waals surface area (Å²) < 4.78 is 46.1. The minimum Gasteiger partial charge on any atom is -0.434 e. The fourth-order valence-electron chi connectivity index (χ4n) is 3.31. The molecule has 4 rings (SSSR count). The van der Waals surface area contributed by atoms with E-state index in [2.05, 4.69) is 25.7 Å². The molecule has 0 saturated carbocycles. The smallest absolute Gasteiger partial charge is 0.387 e. The van der Waals surface area contributed by atoms with Crippen LogP contribution in [0.1, 0.15) is 23.9 Å². The van der Waals surface area contributed by atoms with Crippen LogP contribution in [-0.2, 0) is 6.42 Å². The number of fused-ring (bicyclic) bond motifs is 3. The van der Waals surface area contributed by atoms with E-state index in [4.69, 9.17) is 0 Å². The van der Waals surface area contributed by atoms with Crippen LogP contribution < -0.4 is 4.74 Å². The molecular weight excluding hydrogens is 385 g/mol. The maximum absolute atomic E-state index is 13.7. The molecular formula is C17H12BrF3N2O. The predicted molar refractivity (Wildman–Crippen MR) is 86.9 cm³/mol. The van der Waals surface area contributed by atoms with Crippen molar-refractivity contribution in [1.29, 1.82) is 0 Å². The molecule has 2 heterocycles. The van der Waals surface area contributed by atoms with Crippen LogP contribution in [0.15, 0.2) is 40.9 Å². The number of aromatic nitrogens is 2. The van der Waals surface area contributed by atoms with Gasteiger partial charge in [-0.3, -0.25) is 0 Å². The van der Waals surface area contributed by atoms with Crippen molar-refractivity contribution >= 4 is 27.0 Å². The van der Waals surface area contributed by atoms with Gasteiger partial charge in [-0.2, -0.15) is 8.78 Å². The number of hydrogen-bond acceptors (Lipinski definition) is 2. The van der Waals surface area contributed by atoms with Crippen molar-refractivity contribution in [2.75, 3.05) is 0 Å². The van der Waals surface area contributed by atoms with Crippen molar-refractivity contribution in [3.05, 3.63) is 58.1 Å². The summed E-state index contributed by atoms with van der Waals surface area (Å²) in [6.45, 7) is -2.88.